The van der Waals surface area contributed by atoms with Crippen LogP contribution in [0, 0.1) is 0 Å². The number of benzene rings is 1. The third kappa shape index (κ3) is 2.02. The highest BCUT2D eigenvalue weighted by Gasteiger charge is 2.40. The van der Waals surface area contributed by atoms with Gasteiger partial charge in [-0.05, 0) is 25.0 Å². The van der Waals surface area contributed by atoms with E-state index in [-0.39, 0.29) is 12.3 Å². The van der Waals surface area contributed by atoms with Crippen LogP contribution in [0.1, 0.15) is 25.3 Å². The molecule has 1 amide bonds. The Balaban J connectivity index is 1.86. The van der Waals surface area contributed by atoms with E-state index in [0.29, 0.717) is 35.3 Å². The van der Waals surface area contributed by atoms with Gasteiger partial charge in [-0.2, -0.15) is 4.31 Å². The van der Waals surface area contributed by atoms with Crippen molar-refractivity contribution in [1.29, 1.82) is 0 Å². The molecule has 0 bridgehead atoms. The second-order valence-corrected chi connectivity index (χ2v) is 9.50. The molecule has 5 nitrogen and oxygen atoms in total. The first-order valence-electron chi connectivity index (χ1n) is 7.61. The predicted molar refractivity (Wildman–Crippen MR) is 85.8 cm³/mol. The SMILES string of the molecule is CC1CN2C(=O)Cc3c(S(=O)(=O)N4CCCC4)ccc(c32)S1. The third-order valence-corrected chi connectivity index (χ3v) is 7.67. The van der Waals surface area contributed by atoms with Gasteiger partial charge in [0, 0.05) is 35.3 Å². The maximum atomic E-state index is 12.9. The molecule has 0 saturated carbocycles. The van der Waals surface area contributed by atoms with Crippen LogP contribution in [0.25, 0.3) is 0 Å². The minimum Gasteiger partial charge on any atom is -0.310 e. The normalized spacial score (nSPS) is 24.9. The molecule has 1 atom stereocenters. The molecule has 0 aromatic heterocycles. The molecule has 0 N–H and O–H groups in total. The molecular weight excluding hydrogens is 320 g/mol. The molecule has 0 spiro atoms. The molecule has 3 aliphatic rings. The molecule has 1 unspecified atom stereocenters. The number of hydrogen-bond acceptors (Lipinski definition) is 4. The van der Waals surface area contributed by atoms with E-state index in [1.54, 1.807) is 27.0 Å². The number of anilines is 1. The monoisotopic (exact) mass is 338 g/mol. The number of carbonyl (C=O) groups is 1. The quantitative estimate of drug-likeness (QED) is 0.826. The van der Waals surface area contributed by atoms with Gasteiger partial charge in [0.2, 0.25) is 15.9 Å². The Morgan fingerprint density at radius 3 is 2.68 bits per heavy atom. The molecule has 3 heterocycles. The van der Waals surface area contributed by atoms with E-state index >= 15 is 0 Å². The molecular formula is C15H18N2O3S2. The van der Waals surface area contributed by atoms with Crippen molar-refractivity contribution in [3.63, 3.8) is 0 Å². The fourth-order valence-corrected chi connectivity index (χ4v) is 6.43. The topological polar surface area (TPSA) is 57.7 Å². The van der Waals surface area contributed by atoms with Crippen LogP contribution in [0.3, 0.4) is 0 Å². The van der Waals surface area contributed by atoms with E-state index in [0.717, 1.165) is 23.4 Å². The zero-order valence-electron chi connectivity index (χ0n) is 12.4. The zero-order valence-corrected chi connectivity index (χ0v) is 14.0. The molecule has 1 aromatic rings. The Hall–Kier alpha value is -1.05. The summed E-state index contributed by atoms with van der Waals surface area (Å²) in [5, 5.41) is 0.337. The minimum atomic E-state index is -3.48. The van der Waals surface area contributed by atoms with Crippen molar-refractivity contribution in [3.8, 4) is 0 Å². The summed E-state index contributed by atoms with van der Waals surface area (Å²) in [5.41, 5.74) is 1.54. The average molecular weight is 338 g/mol. The lowest BCUT2D eigenvalue weighted by Gasteiger charge is -2.30. The van der Waals surface area contributed by atoms with Crippen LogP contribution >= 0.6 is 11.8 Å². The summed E-state index contributed by atoms with van der Waals surface area (Å²) in [5.74, 6) is 0.0208. The molecule has 1 aromatic carbocycles. The number of sulfonamides is 1. The number of hydrogen-bond donors (Lipinski definition) is 0. The van der Waals surface area contributed by atoms with Gasteiger partial charge in [-0.1, -0.05) is 6.92 Å². The Bertz CT molecular complexity index is 754. The van der Waals surface area contributed by atoms with Crippen LogP contribution in [0.15, 0.2) is 21.9 Å². The molecule has 1 saturated heterocycles. The zero-order chi connectivity index (χ0) is 15.5. The third-order valence-electron chi connectivity index (χ3n) is 4.55. The average Bonchev–Trinajstić information content (AvgIpc) is 3.09. The van der Waals surface area contributed by atoms with Gasteiger partial charge in [0.05, 0.1) is 17.0 Å². The lowest BCUT2D eigenvalue weighted by Crippen LogP contribution is -2.35. The van der Waals surface area contributed by atoms with Gasteiger partial charge in [-0.25, -0.2) is 8.42 Å². The van der Waals surface area contributed by atoms with Crippen LogP contribution in [-0.2, 0) is 21.2 Å². The lowest BCUT2D eigenvalue weighted by molar-refractivity contribution is -0.117. The van der Waals surface area contributed by atoms with Gasteiger partial charge in [0.1, 0.15) is 0 Å². The summed E-state index contributed by atoms with van der Waals surface area (Å²) in [6.45, 7) is 3.93. The largest absolute Gasteiger partial charge is 0.310 e. The summed E-state index contributed by atoms with van der Waals surface area (Å²) >= 11 is 1.72. The van der Waals surface area contributed by atoms with Gasteiger partial charge in [0.15, 0.2) is 0 Å². The molecule has 3 aliphatic heterocycles. The van der Waals surface area contributed by atoms with E-state index in [1.165, 1.54) is 0 Å². The second kappa shape index (κ2) is 4.97. The van der Waals surface area contributed by atoms with E-state index < -0.39 is 10.0 Å². The maximum absolute atomic E-state index is 12.9. The standard InChI is InChI=1S/C15H18N2O3S2/c1-10-9-17-14(18)8-11-13(5-4-12(21-10)15(11)17)22(19,20)16-6-2-3-7-16/h4-5,10H,2-3,6-9H2,1H3. The van der Waals surface area contributed by atoms with E-state index in [1.807, 2.05) is 6.07 Å². The van der Waals surface area contributed by atoms with Gasteiger partial charge in [-0.3, -0.25) is 4.79 Å². The number of thioether (sulfide) groups is 1. The molecule has 118 valence electrons. The van der Waals surface area contributed by atoms with Crippen molar-refractivity contribution in [2.24, 2.45) is 0 Å². The fourth-order valence-electron chi connectivity index (χ4n) is 3.54. The number of rotatable bonds is 2. The van der Waals surface area contributed by atoms with Crippen LogP contribution in [-0.4, -0.2) is 43.5 Å². The first-order valence-corrected chi connectivity index (χ1v) is 9.93. The van der Waals surface area contributed by atoms with Crippen molar-refractivity contribution >= 4 is 33.4 Å². The Morgan fingerprint density at radius 1 is 1.23 bits per heavy atom. The lowest BCUT2D eigenvalue weighted by atomic mass is 10.1. The van der Waals surface area contributed by atoms with Crippen molar-refractivity contribution in [2.45, 2.75) is 41.2 Å². The minimum absolute atomic E-state index is 0.0208. The summed E-state index contributed by atoms with van der Waals surface area (Å²) < 4.78 is 27.3. The highest BCUT2D eigenvalue weighted by Crippen LogP contribution is 2.46. The summed E-state index contributed by atoms with van der Waals surface area (Å²) in [6, 6.07) is 3.57. The molecule has 22 heavy (non-hydrogen) atoms. The first-order chi connectivity index (χ1) is 10.5. The number of carbonyl (C=O) groups excluding carboxylic acids is 1. The van der Waals surface area contributed by atoms with Crippen molar-refractivity contribution in [1.82, 2.24) is 4.31 Å². The molecule has 4 rings (SSSR count). The Kier molecular flexibility index (Phi) is 3.29. The van der Waals surface area contributed by atoms with Crippen LogP contribution in [0.2, 0.25) is 0 Å². The molecule has 0 radical (unpaired) electrons. The van der Waals surface area contributed by atoms with Crippen LogP contribution in [0.4, 0.5) is 5.69 Å². The number of nitrogens with zero attached hydrogens (tertiary/aromatic N) is 2. The summed E-state index contributed by atoms with van der Waals surface area (Å²) in [6.07, 6.45) is 2.04. The molecule has 0 aliphatic carbocycles. The van der Waals surface area contributed by atoms with Gasteiger partial charge in [0.25, 0.3) is 0 Å². The summed E-state index contributed by atoms with van der Waals surface area (Å²) in [7, 11) is -3.48. The Morgan fingerprint density at radius 2 is 1.95 bits per heavy atom. The second-order valence-electron chi connectivity index (χ2n) is 6.11. The summed E-state index contributed by atoms with van der Waals surface area (Å²) in [4.78, 5) is 15.4. The van der Waals surface area contributed by atoms with Gasteiger partial charge >= 0.3 is 0 Å². The number of amides is 1. The highest BCUT2D eigenvalue weighted by atomic mass is 32.2. The van der Waals surface area contributed by atoms with E-state index in [2.05, 4.69) is 6.92 Å². The fraction of sp³-hybridized carbons (Fsp3) is 0.533. The van der Waals surface area contributed by atoms with Gasteiger partial charge in [-0.15, -0.1) is 11.8 Å². The van der Waals surface area contributed by atoms with Crippen molar-refractivity contribution < 1.29 is 13.2 Å². The highest BCUT2D eigenvalue weighted by molar-refractivity contribution is 8.00. The van der Waals surface area contributed by atoms with Crippen LogP contribution < -0.4 is 4.90 Å². The Labute approximate surface area is 134 Å². The van der Waals surface area contributed by atoms with Crippen molar-refractivity contribution in [3.05, 3.63) is 17.7 Å². The van der Waals surface area contributed by atoms with Crippen LogP contribution in [0.5, 0.6) is 0 Å². The maximum Gasteiger partial charge on any atom is 0.243 e. The smallest absolute Gasteiger partial charge is 0.243 e. The van der Waals surface area contributed by atoms with E-state index in [9.17, 15) is 13.2 Å². The first kappa shape index (κ1) is 14.5. The predicted octanol–water partition coefficient (Wildman–Crippen LogP) is 1.85. The molecule has 7 heteroatoms. The van der Waals surface area contributed by atoms with Crippen molar-refractivity contribution in [2.75, 3.05) is 24.5 Å². The molecule has 1 fully saturated rings. The van der Waals surface area contributed by atoms with E-state index in [4.69, 9.17) is 0 Å². The van der Waals surface area contributed by atoms with Gasteiger partial charge < -0.3 is 4.90 Å².